The zero-order chi connectivity index (χ0) is 29.6. The quantitative estimate of drug-likeness (QED) is 0.211. The van der Waals surface area contributed by atoms with E-state index in [1.165, 1.54) is 16.7 Å². The van der Waals surface area contributed by atoms with Crippen molar-refractivity contribution in [3.05, 3.63) is 155 Å². The average Bonchev–Trinajstić information content (AvgIpc) is 3.06. The fourth-order valence-electron chi connectivity index (χ4n) is 5.17. The van der Waals surface area contributed by atoms with Crippen LogP contribution in [0.5, 0.6) is 0 Å². The summed E-state index contributed by atoms with van der Waals surface area (Å²) in [6.07, 6.45) is 4.83. The van der Waals surface area contributed by atoms with Crippen LogP contribution < -0.4 is 5.32 Å². The Balaban J connectivity index is 1.29. The number of thioether (sulfide) groups is 1. The predicted octanol–water partition coefficient (Wildman–Crippen LogP) is 5.32. The zero-order valence-electron chi connectivity index (χ0n) is 23.2. The van der Waals surface area contributed by atoms with Gasteiger partial charge in [-0.3, -0.25) is 19.5 Å². The highest BCUT2D eigenvalue weighted by Crippen LogP contribution is 2.42. The van der Waals surface area contributed by atoms with Crippen LogP contribution >= 0.6 is 11.8 Å². The van der Waals surface area contributed by atoms with Gasteiger partial charge in [0, 0.05) is 11.9 Å². The lowest BCUT2D eigenvalue weighted by atomic mass is 10.00. The van der Waals surface area contributed by atoms with Crippen LogP contribution in [0.15, 0.2) is 133 Å². The van der Waals surface area contributed by atoms with E-state index in [0.717, 1.165) is 22.4 Å². The molecule has 43 heavy (non-hydrogen) atoms. The first-order valence-electron chi connectivity index (χ1n) is 14.0. The number of nitrogens with zero attached hydrogens (tertiary/aromatic N) is 2. The van der Waals surface area contributed by atoms with Crippen molar-refractivity contribution in [3.8, 4) is 0 Å². The number of allylic oxidation sites excluding steroid dienone is 1. The van der Waals surface area contributed by atoms with Crippen LogP contribution in [0.3, 0.4) is 0 Å². The molecule has 1 fully saturated rings. The average molecular weight is 588 g/mol. The molecule has 0 bridgehead atoms. The molecule has 2 aliphatic rings. The van der Waals surface area contributed by atoms with Crippen molar-refractivity contribution in [1.82, 2.24) is 15.2 Å². The molecule has 1 saturated heterocycles. The van der Waals surface area contributed by atoms with E-state index in [2.05, 4.69) is 10.3 Å². The Kier molecular flexibility index (Phi) is 8.47. The second-order valence-electron chi connectivity index (χ2n) is 10.2. The number of amides is 2. The molecule has 1 N–H and O–H groups in total. The molecule has 3 heterocycles. The van der Waals surface area contributed by atoms with Crippen LogP contribution in [0.1, 0.15) is 28.5 Å². The molecule has 7 nitrogen and oxygen atoms in total. The number of pyridine rings is 1. The van der Waals surface area contributed by atoms with E-state index in [-0.39, 0.29) is 23.9 Å². The van der Waals surface area contributed by atoms with Crippen molar-refractivity contribution < 1.29 is 19.1 Å². The Hall–Kier alpha value is -4.95. The minimum Gasteiger partial charge on any atom is -0.448 e. The Bertz CT molecular complexity index is 1620. The molecule has 3 aromatic carbocycles. The fourth-order valence-corrected chi connectivity index (χ4v) is 6.49. The molecule has 0 saturated carbocycles. The smallest absolute Gasteiger partial charge is 0.356 e. The molecular formula is C35H29N3O4S. The van der Waals surface area contributed by atoms with E-state index in [1.807, 2.05) is 121 Å². The number of esters is 1. The van der Waals surface area contributed by atoms with Crippen molar-refractivity contribution in [2.24, 2.45) is 0 Å². The third kappa shape index (κ3) is 6.29. The molecule has 2 amide bonds. The summed E-state index contributed by atoms with van der Waals surface area (Å²) in [5.74, 6) is -0.738. The number of nitrogens with one attached hydrogen (secondary N) is 1. The van der Waals surface area contributed by atoms with Crippen LogP contribution in [0.25, 0.3) is 6.08 Å². The number of ether oxygens (including phenoxy) is 1. The normalized spacial score (nSPS) is 17.9. The van der Waals surface area contributed by atoms with E-state index in [9.17, 15) is 14.4 Å². The van der Waals surface area contributed by atoms with Gasteiger partial charge in [0.2, 0.25) is 5.91 Å². The summed E-state index contributed by atoms with van der Waals surface area (Å²) in [6.45, 7) is 0. The van der Waals surface area contributed by atoms with Crippen molar-refractivity contribution in [2.75, 3.05) is 5.75 Å². The Morgan fingerprint density at radius 1 is 0.884 bits per heavy atom. The van der Waals surface area contributed by atoms with Gasteiger partial charge in [0.1, 0.15) is 17.1 Å². The number of fused-ring (bicyclic) bond motifs is 1. The van der Waals surface area contributed by atoms with E-state index >= 15 is 0 Å². The van der Waals surface area contributed by atoms with E-state index in [4.69, 9.17) is 4.74 Å². The number of carbonyl (C=O) groups excluding carboxylic acids is 3. The van der Waals surface area contributed by atoms with Gasteiger partial charge in [-0.05, 0) is 40.5 Å². The van der Waals surface area contributed by atoms with Crippen LogP contribution in [0.2, 0.25) is 0 Å². The van der Waals surface area contributed by atoms with Crippen molar-refractivity contribution >= 4 is 35.6 Å². The third-order valence-electron chi connectivity index (χ3n) is 7.29. The Labute approximate surface area is 254 Å². The lowest BCUT2D eigenvalue weighted by Crippen LogP contribution is -2.70. The van der Waals surface area contributed by atoms with Crippen LogP contribution in [-0.4, -0.2) is 44.8 Å². The fraction of sp³-hybridized carbons (Fsp3) is 0.143. The van der Waals surface area contributed by atoms with Crippen molar-refractivity contribution in [2.45, 2.75) is 23.9 Å². The zero-order valence-corrected chi connectivity index (χ0v) is 24.0. The molecular weight excluding hydrogens is 558 g/mol. The summed E-state index contributed by atoms with van der Waals surface area (Å²) >= 11 is 1.50. The van der Waals surface area contributed by atoms with Gasteiger partial charge >= 0.3 is 5.97 Å². The first kappa shape index (κ1) is 28.2. The first-order chi connectivity index (χ1) is 21.1. The van der Waals surface area contributed by atoms with E-state index in [1.54, 1.807) is 6.20 Å². The number of β-lactam (4-membered cyclic amide) rings is 1. The van der Waals surface area contributed by atoms with Gasteiger partial charge in [-0.15, -0.1) is 11.8 Å². The Morgan fingerprint density at radius 2 is 1.51 bits per heavy atom. The molecule has 1 aromatic heterocycles. The monoisotopic (exact) mass is 587 g/mol. The molecule has 2 aliphatic heterocycles. The third-order valence-corrected chi connectivity index (χ3v) is 8.59. The summed E-state index contributed by atoms with van der Waals surface area (Å²) in [4.78, 5) is 46.3. The van der Waals surface area contributed by atoms with Gasteiger partial charge in [-0.2, -0.15) is 0 Å². The van der Waals surface area contributed by atoms with Gasteiger partial charge in [-0.25, -0.2) is 4.79 Å². The summed E-state index contributed by atoms with van der Waals surface area (Å²) < 4.78 is 6.20. The van der Waals surface area contributed by atoms with Gasteiger partial charge in [0.25, 0.3) is 5.91 Å². The number of hydrogen-bond donors (Lipinski definition) is 1. The molecule has 0 aliphatic carbocycles. The van der Waals surface area contributed by atoms with Crippen molar-refractivity contribution in [1.29, 1.82) is 0 Å². The highest BCUT2D eigenvalue weighted by molar-refractivity contribution is 8.00. The SMILES string of the molecule is O=C(Cc1ccccc1)NC1C(=O)N2C(C(=O)OC(c3ccccc3)c3ccccc3)=C(C=Cc3ccccn3)CS[C@@H]12. The molecule has 1 unspecified atom stereocenters. The minimum atomic E-state index is -0.732. The minimum absolute atomic E-state index is 0.167. The molecule has 0 radical (unpaired) electrons. The highest BCUT2D eigenvalue weighted by atomic mass is 32.2. The number of hydrogen-bond acceptors (Lipinski definition) is 6. The van der Waals surface area contributed by atoms with Crippen LogP contribution in [0.4, 0.5) is 0 Å². The van der Waals surface area contributed by atoms with Crippen LogP contribution in [0, 0.1) is 0 Å². The predicted molar refractivity (Wildman–Crippen MR) is 166 cm³/mol. The Morgan fingerprint density at radius 3 is 2.14 bits per heavy atom. The summed E-state index contributed by atoms with van der Waals surface area (Å²) in [6, 6.07) is 33.3. The van der Waals surface area contributed by atoms with Crippen LogP contribution in [-0.2, 0) is 25.5 Å². The second-order valence-corrected chi connectivity index (χ2v) is 11.3. The second kappa shape index (κ2) is 12.9. The summed E-state index contributed by atoms with van der Waals surface area (Å²) in [7, 11) is 0. The number of benzene rings is 3. The van der Waals surface area contributed by atoms with E-state index < -0.39 is 23.5 Å². The molecule has 4 aromatic rings. The number of rotatable bonds is 9. The van der Waals surface area contributed by atoms with Crippen molar-refractivity contribution in [3.63, 3.8) is 0 Å². The standard InChI is InChI=1S/C35H29N3O4S/c39-29(22-24-12-4-1-5-13-24)37-30-33(40)38-31(27(23-43-34(30)38)19-20-28-18-10-11-21-36-28)35(41)42-32(25-14-6-2-7-15-25)26-16-8-3-9-17-26/h1-21,30,32,34H,22-23H2,(H,37,39)/t30?,34-/m0/s1. The lowest BCUT2D eigenvalue weighted by molar-refractivity contribution is -0.154. The summed E-state index contributed by atoms with van der Waals surface area (Å²) in [5, 5.41) is 2.46. The number of aromatic nitrogens is 1. The summed E-state index contributed by atoms with van der Waals surface area (Å²) in [5.41, 5.74) is 4.05. The maximum Gasteiger partial charge on any atom is 0.356 e. The molecule has 6 rings (SSSR count). The first-order valence-corrected chi connectivity index (χ1v) is 15.0. The molecule has 214 valence electrons. The molecule has 8 heteroatoms. The lowest BCUT2D eigenvalue weighted by Gasteiger charge is -2.49. The topological polar surface area (TPSA) is 88.6 Å². The maximum absolute atomic E-state index is 14.1. The highest BCUT2D eigenvalue weighted by Gasteiger charge is 2.54. The van der Waals surface area contributed by atoms with Gasteiger partial charge in [0.05, 0.1) is 12.1 Å². The van der Waals surface area contributed by atoms with Gasteiger partial charge < -0.3 is 10.1 Å². The number of carbonyl (C=O) groups is 3. The maximum atomic E-state index is 14.1. The van der Waals surface area contributed by atoms with Gasteiger partial charge in [0.15, 0.2) is 6.10 Å². The molecule has 0 spiro atoms. The van der Waals surface area contributed by atoms with Gasteiger partial charge in [-0.1, -0.05) is 103 Å². The van der Waals surface area contributed by atoms with E-state index in [0.29, 0.717) is 11.3 Å². The largest absolute Gasteiger partial charge is 0.448 e. The molecule has 2 atom stereocenters.